The van der Waals surface area contributed by atoms with Crippen LogP contribution < -0.4 is 10.0 Å². The maximum Gasteiger partial charge on any atom is 0.211 e. The average Bonchev–Trinajstić information content (AvgIpc) is 2.67. The summed E-state index contributed by atoms with van der Waals surface area (Å²) in [4.78, 5) is 0. The van der Waals surface area contributed by atoms with E-state index in [2.05, 4.69) is 37.7 Å². The lowest BCUT2D eigenvalue weighted by Gasteiger charge is -2.22. The molecule has 0 aromatic heterocycles. The van der Waals surface area contributed by atoms with Crippen molar-refractivity contribution in [1.29, 1.82) is 0 Å². The largest absolute Gasteiger partial charge is 0.317 e. The van der Waals surface area contributed by atoms with Gasteiger partial charge in [-0.3, -0.25) is 0 Å². The Bertz CT molecular complexity index is 409. The Morgan fingerprint density at radius 2 is 1.63 bits per heavy atom. The first-order chi connectivity index (χ1) is 8.67. The molecule has 2 aliphatic rings. The van der Waals surface area contributed by atoms with Gasteiger partial charge in [-0.25, -0.2) is 13.1 Å². The van der Waals surface area contributed by atoms with Gasteiger partial charge in [0, 0.05) is 6.54 Å². The zero-order chi connectivity index (χ0) is 14.3. The van der Waals surface area contributed by atoms with Crippen molar-refractivity contribution in [3.63, 3.8) is 0 Å². The molecule has 0 aromatic carbocycles. The Morgan fingerprint density at radius 3 is 2.11 bits per heavy atom. The van der Waals surface area contributed by atoms with Gasteiger partial charge in [0.2, 0.25) is 10.0 Å². The fraction of sp³-hybridized carbons (Fsp3) is 1.00. The minimum Gasteiger partial charge on any atom is -0.317 e. The molecule has 1 aliphatic carbocycles. The second-order valence-electron chi connectivity index (χ2n) is 7.32. The smallest absolute Gasteiger partial charge is 0.211 e. The van der Waals surface area contributed by atoms with Gasteiger partial charge < -0.3 is 5.32 Å². The second-order valence-corrected chi connectivity index (χ2v) is 9.17. The number of hydrogen-bond acceptors (Lipinski definition) is 3. The molecule has 0 unspecified atom stereocenters. The molecule has 1 heterocycles. The molecule has 1 saturated heterocycles. The monoisotopic (exact) mass is 288 g/mol. The topological polar surface area (TPSA) is 58.2 Å². The van der Waals surface area contributed by atoms with Crippen LogP contribution in [0.1, 0.15) is 40.5 Å². The number of hydrogen-bond donors (Lipinski definition) is 2. The van der Waals surface area contributed by atoms with Crippen molar-refractivity contribution in [2.45, 2.75) is 40.5 Å². The number of rotatable bonds is 5. The van der Waals surface area contributed by atoms with Crippen LogP contribution in [0.3, 0.4) is 0 Å². The van der Waals surface area contributed by atoms with Crippen LogP contribution in [0.25, 0.3) is 0 Å². The van der Waals surface area contributed by atoms with Crippen molar-refractivity contribution in [3.05, 3.63) is 0 Å². The lowest BCUT2D eigenvalue weighted by atomic mass is 10.0. The van der Waals surface area contributed by atoms with E-state index in [0.29, 0.717) is 24.1 Å². The molecular formula is C14H28N2O2S. The Kier molecular flexibility index (Phi) is 4.02. The van der Waals surface area contributed by atoms with E-state index in [1.807, 2.05) is 0 Å². The summed E-state index contributed by atoms with van der Waals surface area (Å²) in [7, 11) is -3.11. The van der Waals surface area contributed by atoms with Crippen LogP contribution in [0.15, 0.2) is 0 Å². The Morgan fingerprint density at radius 1 is 1.11 bits per heavy atom. The van der Waals surface area contributed by atoms with Gasteiger partial charge in [0.15, 0.2) is 0 Å². The number of nitrogens with one attached hydrogen (secondary N) is 2. The highest BCUT2D eigenvalue weighted by Gasteiger charge is 2.64. The SMILES string of the molecule is CC1(C)C(CNS(=O)(=O)CC2CCNCC2)C1(C)C. The second kappa shape index (κ2) is 5.01. The zero-order valence-corrected chi connectivity index (χ0v) is 13.4. The van der Waals surface area contributed by atoms with E-state index in [1.54, 1.807) is 0 Å². The molecule has 1 aliphatic heterocycles. The summed E-state index contributed by atoms with van der Waals surface area (Å²) in [5, 5.41) is 3.27. The van der Waals surface area contributed by atoms with E-state index < -0.39 is 10.0 Å². The molecule has 2 N–H and O–H groups in total. The summed E-state index contributed by atoms with van der Waals surface area (Å²) in [6, 6.07) is 0. The molecule has 1 saturated carbocycles. The Labute approximate surface area is 117 Å². The van der Waals surface area contributed by atoms with E-state index in [9.17, 15) is 8.42 Å². The van der Waals surface area contributed by atoms with E-state index in [1.165, 1.54) is 0 Å². The first-order valence-corrected chi connectivity index (χ1v) is 9.00. The Hall–Kier alpha value is -0.130. The highest BCUT2D eigenvalue weighted by molar-refractivity contribution is 7.89. The van der Waals surface area contributed by atoms with Crippen molar-refractivity contribution in [2.75, 3.05) is 25.4 Å². The third kappa shape index (κ3) is 3.14. The zero-order valence-electron chi connectivity index (χ0n) is 12.6. The third-order valence-electron chi connectivity index (χ3n) is 5.74. The van der Waals surface area contributed by atoms with Crippen LogP contribution in [-0.4, -0.2) is 33.8 Å². The van der Waals surface area contributed by atoms with Gasteiger partial charge in [-0.2, -0.15) is 0 Å². The van der Waals surface area contributed by atoms with Crippen molar-refractivity contribution < 1.29 is 8.42 Å². The van der Waals surface area contributed by atoms with Crippen LogP contribution >= 0.6 is 0 Å². The summed E-state index contributed by atoms with van der Waals surface area (Å²) in [6.45, 7) is 11.4. The molecule has 2 fully saturated rings. The first-order valence-electron chi connectivity index (χ1n) is 7.35. The fourth-order valence-electron chi connectivity index (χ4n) is 3.47. The van der Waals surface area contributed by atoms with Crippen molar-refractivity contribution >= 4 is 10.0 Å². The quantitative estimate of drug-likeness (QED) is 0.807. The van der Waals surface area contributed by atoms with Gasteiger partial charge in [-0.1, -0.05) is 27.7 Å². The molecule has 112 valence electrons. The molecule has 0 radical (unpaired) electrons. The van der Waals surface area contributed by atoms with Gasteiger partial charge in [0.05, 0.1) is 5.75 Å². The molecule has 5 heteroatoms. The summed E-state index contributed by atoms with van der Waals surface area (Å²) in [5.74, 6) is 1.06. The molecule has 2 rings (SSSR count). The minimum absolute atomic E-state index is 0.240. The van der Waals surface area contributed by atoms with E-state index >= 15 is 0 Å². The first kappa shape index (κ1) is 15.3. The molecule has 0 amide bonds. The van der Waals surface area contributed by atoms with Crippen LogP contribution in [0.5, 0.6) is 0 Å². The predicted octanol–water partition coefficient (Wildman–Crippen LogP) is 1.59. The van der Waals surface area contributed by atoms with E-state index in [0.717, 1.165) is 25.9 Å². The van der Waals surface area contributed by atoms with E-state index in [-0.39, 0.29) is 10.8 Å². The van der Waals surface area contributed by atoms with Crippen molar-refractivity contribution in [2.24, 2.45) is 22.7 Å². The van der Waals surface area contributed by atoms with Gasteiger partial charge in [0.1, 0.15) is 0 Å². The van der Waals surface area contributed by atoms with Gasteiger partial charge in [0.25, 0.3) is 0 Å². The Balaban J connectivity index is 1.82. The summed E-state index contributed by atoms with van der Waals surface area (Å²) in [5.41, 5.74) is 0.481. The third-order valence-corrected chi connectivity index (χ3v) is 7.26. The average molecular weight is 288 g/mol. The van der Waals surface area contributed by atoms with Crippen molar-refractivity contribution in [3.8, 4) is 0 Å². The van der Waals surface area contributed by atoms with Crippen LogP contribution in [-0.2, 0) is 10.0 Å². The highest BCUT2D eigenvalue weighted by Crippen LogP contribution is 2.67. The maximum atomic E-state index is 12.1. The molecular weight excluding hydrogens is 260 g/mol. The molecule has 0 bridgehead atoms. The summed E-state index contributed by atoms with van der Waals surface area (Å²) < 4.78 is 27.1. The standard InChI is InChI=1S/C14H28N2O2S/c1-13(2)12(14(13,3)4)9-16-19(17,18)10-11-5-7-15-8-6-11/h11-12,15-16H,5-10H2,1-4H3. The van der Waals surface area contributed by atoms with Crippen LogP contribution in [0, 0.1) is 22.7 Å². The summed E-state index contributed by atoms with van der Waals surface area (Å²) >= 11 is 0. The normalized spacial score (nSPS) is 27.4. The lowest BCUT2D eigenvalue weighted by Crippen LogP contribution is -2.36. The molecule has 0 spiro atoms. The van der Waals surface area contributed by atoms with Gasteiger partial charge in [-0.15, -0.1) is 0 Å². The van der Waals surface area contributed by atoms with Gasteiger partial charge >= 0.3 is 0 Å². The molecule has 4 nitrogen and oxygen atoms in total. The van der Waals surface area contributed by atoms with E-state index in [4.69, 9.17) is 0 Å². The number of piperidine rings is 1. The van der Waals surface area contributed by atoms with Gasteiger partial charge in [-0.05, 0) is 48.6 Å². The minimum atomic E-state index is -3.11. The predicted molar refractivity (Wildman–Crippen MR) is 78.4 cm³/mol. The van der Waals surface area contributed by atoms with Crippen LogP contribution in [0.4, 0.5) is 0 Å². The van der Waals surface area contributed by atoms with Crippen molar-refractivity contribution in [1.82, 2.24) is 10.0 Å². The molecule has 0 aromatic rings. The van der Waals surface area contributed by atoms with Crippen LogP contribution in [0.2, 0.25) is 0 Å². The maximum absolute atomic E-state index is 12.1. The number of sulfonamides is 1. The fourth-order valence-corrected chi connectivity index (χ4v) is 4.96. The molecule has 0 atom stereocenters. The lowest BCUT2D eigenvalue weighted by molar-refractivity contribution is 0.399. The molecule has 19 heavy (non-hydrogen) atoms. The summed E-state index contributed by atoms with van der Waals surface area (Å²) in [6.07, 6.45) is 1.95. The highest BCUT2D eigenvalue weighted by atomic mass is 32.2.